The van der Waals surface area contributed by atoms with E-state index in [2.05, 4.69) is 16.8 Å². The second kappa shape index (κ2) is 7.45. The van der Waals surface area contributed by atoms with Crippen molar-refractivity contribution in [1.29, 1.82) is 0 Å². The van der Waals surface area contributed by atoms with E-state index in [-0.39, 0.29) is 0 Å². The first-order chi connectivity index (χ1) is 9.38. The van der Waals surface area contributed by atoms with Gasteiger partial charge >= 0.3 is 0 Å². The van der Waals surface area contributed by atoms with Crippen molar-refractivity contribution in [1.82, 2.24) is 4.98 Å². The van der Waals surface area contributed by atoms with E-state index in [1.165, 1.54) is 0 Å². The van der Waals surface area contributed by atoms with Crippen LogP contribution in [-0.4, -0.2) is 17.5 Å². The monoisotopic (exact) mass is 271 g/mol. The summed E-state index contributed by atoms with van der Waals surface area (Å²) in [7, 11) is 0. The maximum atomic E-state index is 5.66. The van der Waals surface area contributed by atoms with Crippen molar-refractivity contribution in [2.45, 2.75) is 6.42 Å². The molecule has 0 unspecified atom stereocenters. The predicted molar refractivity (Wildman–Crippen MR) is 77.5 cm³/mol. The Balaban J connectivity index is 1.83. The molecule has 0 radical (unpaired) electrons. The van der Waals surface area contributed by atoms with E-state index >= 15 is 0 Å². The number of ether oxygens (including phenoxy) is 1. The van der Waals surface area contributed by atoms with Gasteiger partial charge in [0.15, 0.2) is 0 Å². The van der Waals surface area contributed by atoms with Crippen LogP contribution in [0.4, 0.5) is 0 Å². The van der Waals surface area contributed by atoms with E-state index in [1.807, 2.05) is 42.5 Å². The van der Waals surface area contributed by atoms with Gasteiger partial charge in [0.25, 0.3) is 0 Å². The van der Waals surface area contributed by atoms with E-state index in [1.54, 1.807) is 6.20 Å². The molecule has 0 saturated heterocycles. The zero-order chi connectivity index (χ0) is 13.3. The molecular weight excluding hydrogens is 258 g/mol. The van der Waals surface area contributed by atoms with Gasteiger partial charge in [0, 0.05) is 23.9 Å². The van der Waals surface area contributed by atoms with Crippen LogP contribution in [0.25, 0.3) is 0 Å². The molecule has 2 aromatic rings. The molecule has 0 atom stereocenters. The minimum Gasteiger partial charge on any atom is -0.493 e. The molecule has 0 N–H and O–H groups in total. The Morgan fingerprint density at radius 1 is 1.11 bits per heavy atom. The number of aromatic nitrogens is 1. The quantitative estimate of drug-likeness (QED) is 0.629. The topological polar surface area (TPSA) is 22.1 Å². The first kappa shape index (κ1) is 13.5. The average Bonchev–Trinajstić information content (AvgIpc) is 2.47. The minimum atomic E-state index is 0.350. The molecule has 0 aliphatic carbocycles. The van der Waals surface area contributed by atoms with Crippen LogP contribution < -0.4 is 4.74 Å². The van der Waals surface area contributed by atoms with Crippen LogP contribution >= 0.6 is 11.6 Å². The van der Waals surface area contributed by atoms with Gasteiger partial charge < -0.3 is 4.74 Å². The number of nitrogens with zero attached hydrogens (tertiary/aromatic N) is 1. The lowest BCUT2D eigenvalue weighted by atomic mass is 10.2. The molecule has 19 heavy (non-hydrogen) atoms. The molecule has 2 nitrogen and oxygen atoms in total. The van der Waals surface area contributed by atoms with Crippen molar-refractivity contribution in [2.75, 3.05) is 12.5 Å². The molecule has 0 aliphatic rings. The summed E-state index contributed by atoms with van der Waals surface area (Å²) in [5.74, 6) is 6.96. The van der Waals surface area contributed by atoms with E-state index < -0.39 is 0 Å². The molecule has 1 heterocycles. The highest BCUT2D eigenvalue weighted by Gasteiger charge is 1.96. The molecule has 1 aromatic carbocycles. The Kier molecular flexibility index (Phi) is 5.28. The van der Waals surface area contributed by atoms with Gasteiger partial charge in [-0.25, -0.2) is 0 Å². The maximum absolute atomic E-state index is 5.66. The summed E-state index contributed by atoms with van der Waals surface area (Å²) < 4.78 is 5.66. The standard InChI is InChI=1S/C16H14ClNO/c17-11-3-4-14-6-8-16(9-7-14)19-13-10-15-5-1-2-12-18-15/h1-2,5-9,12H,10-11,13H2. The fourth-order valence-electron chi connectivity index (χ4n) is 1.59. The minimum absolute atomic E-state index is 0.350. The van der Waals surface area contributed by atoms with E-state index in [4.69, 9.17) is 16.3 Å². The summed E-state index contributed by atoms with van der Waals surface area (Å²) in [6, 6.07) is 13.6. The Morgan fingerprint density at radius 3 is 2.63 bits per heavy atom. The number of benzene rings is 1. The Morgan fingerprint density at radius 2 is 1.95 bits per heavy atom. The van der Waals surface area contributed by atoms with Crippen molar-refractivity contribution >= 4 is 11.6 Å². The van der Waals surface area contributed by atoms with E-state index in [0.717, 1.165) is 23.4 Å². The van der Waals surface area contributed by atoms with Crippen molar-refractivity contribution in [3.63, 3.8) is 0 Å². The van der Waals surface area contributed by atoms with Crippen molar-refractivity contribution in [3.8, 4) is 17.6 Å². The van der Waals surface area contributed by atoms with Gasteiger partial charge in [0.1, 0.15) is 5.75 Å². The van der Waals surface area contributed by atoms with Gasteiger partial charge in [0.2, 0.25) is 0 Å². The fourth-order valence-corrected chi connectivity index (χ4v) is 1.66. The molecule has 3 heteroatoms. The normalized spacial score (nSPS) is 9.53. The van der Waals surface area contributed by atoms with Crippen LogP contribution in [0.15, 0.2) is 48.7 Å². The molecule has 0 amide bonds. The van der Waals surface area contributed by atoms with Crippen molar-refractivity contribution in [3.05, 3.63) is 59.9 Å². The molecule has 0 bridgehead atoms. The number of hydrogen-bond acceptors (Lipinski definition) is 2. The SMILES string of the molecule is ClCC#Cc1ccc(OCCc2ccccn2)cc1. The summed E-state index contributed by atoms with van der Waals surface area (Å²) in [6.07, 6.45) is 2.59. The van der Waals surface area contributed by atoms with Gasteiger partial charge in [0.05, 0.1) is 12.5 Å². The van der Waals surface area contributed by atoms with Crippen molar-refractivity contribution in [2.24, 2.45) is 0 Å². The van der Waals surface area contributed by atoms with Crippen LogP contribution in [0.5, 0.6) is 5.75 Å². The molecule has 2 rings (SSSR count). The highest BCUT2D eigenvalue weighted by molar-refractivity contribution is 6.19. The van der Waals surface area contributed by atoms with Crippen LogP contribution in [0, 0.1) is 11.8 Å². The number of pyridine rings is 1. The maximum Gasteiger partial charge on any atom is 0.119 e. The number of hydrogen-bond donors (Lipinski definition) is 0. The largest absolute Gasteiger partial charge is 0.493 e. The van der Waals surface area contributed by atoms with Gasteiger partial charge in [-0.3, -0.25) is 4.98 Å². The summed E-state index contributed by atoms with van der Waals surface area (Å²) in [4.78, 5) is 4.25. The Hall–Kier alpha value is -1.98. The van der Waals surface area contributed by atoms with E-state index in [9.17, 15) is 0 Å². The molecule has 0 spiro atoms. The molecular formula is C16H14ClNO. The van der Waals surface area contributed by atoms with Crippen molar-refractivity contribution < 1.29 is 4.74 Å². The highest BCUT2D eigenvalue weighted by atomic mass is 35.5. The first-order valence-electron chi connectivity index (χ1n) is 6.06. The summed E-state index contributed by atoms with van der Waals surface area (Å²) in [5.41, 5.74) is 1.98. The Labute approximate surface area is 118 Å². The van der Waals surface area contributed by atoms with E-state index in [0.29, 0.717) is 12.5 Å². The second-order valence-electron chi connectivity index (χ2n) is 3.88. The third-order valence-electron chi connectivity index (χ3n) is 2.51. The molecule has 1 aromatic heterocycles. The molecule has 0 aliphatic heterocycles. The van der Waals surface area contributed by atoms with Crippen LogP contribution in [-0.2, 0) is 6.42 Å². The lowest BCUT2D eigenvalue weighted by molar-refractivity contribution is 0.320. The van der Waals surface area contributed by atoms with Gasteiger partial charge in [-0.05, 0) is 36.4 Å². The molecule has 0 fully saturated rings. The zero-order valence-electron chi connectivity index (χ0n) is 10.5. The highest BCUT2D eigenvalue weighted by Crippen LogP contribution is 2.12. The van der Waals surface area contributed by atoms with Crippen LogP contribution in [0.3, 0.4) is 0 Å². The van der Waals surface area contributed by atoms with Gasteiger partial charge in [-0.2, -0.15) is 0 Å². The second-order valence-corrected chi connectivity index (χ2v) is 4.15. The Bertz CT molecular complexity index is 555. The third kappa shape index (κ3) is 4.65. The fraction of sp³-hybridized carbons (Fsp3) is 0.188. The van der Waals surface area contributed by atoms with Crippen LogP contribution in [0.1, 0.15) is 11.3 Å². The van der Waals surface area contributed by atoms with Crippen LogP contribution in [0.2, 0.25) is 0 Å². The summed E-state index contributed by atoms with van der Waals surface area (Å²) in [6.45, 7) is 0.615. The number of alkyl halides is 1. The predicted octanol–water partition coefficient (Wildman–Crippen LogP) is 3.29. The molecule has 96 valence electrons. The summed E-state index contributed by atoms with van der Waals surface area (Å²) >= 11 is 5.51. The smallest absolute Gasteiger partial charge is 0.119 e. The average molecular weight is 272 g/mol. The van der Waals surface area contributed by atoms with Gasteiger partial charge in [-0.15, -0.1) is 11.6 Å². The zero-order valence-corrected chi connectivity index (χ0v) is 11.2. The number of rotatable bonds is 4. The lowest BCUT2D eigenvalue weighted by Gasteiger charge is -2.05. The first-order valence-corrected chi connectivity index (χ1v) is 6.59. The third-order valence-corrected chi connectivity index (χ3v) is 2.64. The van der Waals surface area contributed by atoms with Gasteiger partial charge in [-0.1, -0.05) is 17.9 Å². The number of halogens is 1. The lowest BCUT2D eigenvalue weighted by Crippen LogP contribution is -2.02. The summed E-state index contributed by atoms with van der Waals surface area (Å²) in [5, 5.41) is 0. The molecule has 0 saturated carbocycles.